The van der Waals surface area contributed by atoms with Crippen LogP contribution in [0.15, 0.2) is 15.3 Å². The molecule has 1 aliphatic carbocycles. The smallest absolute Gasteiger partial charge is 0.339 e. The Bertz CT molecular complexity index is 901. The zero-order chi connectivity index (χ0) is 17.0. The van der Waals surface area contributed by atoms with Crippen LogP contribution in [0.4, 0.5) is 0 Å². The molecular formula is C19H20ClNO4. The second-order valence-electron chi connectivity index (χ2n) is 7.16. The van der Waals surface area contributed by atoms with E-state index in [2.05, 4.69) is 4.90 Å². The number of ether oxygens (including phenoxy) is 2. The summed E-state index contributed by atoms with van der Waals surface area (Å²) in [6.07, 6.45) is 5.16. The van der Waals surface area contributed by atoms with Crippen LogP contribution in [-0.2, 0) is 24.1 Å². The molecule has 25 heavy (non-hydrogen) atoms. The fourth-order valence-corrected chi connectivity index (χ4v) is 4.62. The molecule has 1 atom stereocenters. The van der Waals surface area contributed by atoms with Crippen molar-refractivity contribution in [2.75, 3.05) is 19.9 Å². The second kappa shape index (κ2) is 6.01. The van der Waals surface area contributed by atoms with Crippen LogP contribution in [0.5, 0.6) is 5.75 Å². The van der Waals surface area contributed by atoms with Gasteiger partial charge < -0.3 is 13.9 Å². The molecule has 5 nitrogen and oxygen atoms in total. The lowest BCUT2D eigenvalue weighted by Crippen LogP contribution is -2.37. The van der Waals surface area contributed by atoms with E-state index in [0.29, 0.717) is 29.6 Å². The molecule has 2 aliphatic heterocycles. The lowest BCUT2D eigenvalue weighted by atomic mass is 10.0. The number of rotatable bonds is 2. The third-order valence-corrected chi connectivity index (χ3v) is 5.80. The molecule has 5 rings (SSSR count). The SMILES string of the molecule is O=c1oc2c3c(c(Cl)cc2c2c1CCC2)OCN(C[C@@H]1CCCO1)C3. The monoisotopic (exact) mass is 361 g/mol. The van der Waals surface area contributed by atoms with Crippen molar-refractivity contribution >= 4 is 22.6 Å². The van der Waals surface area contributed by atoms with Gasteiger partial charge in [-0.2, -0.15) is 0 Å². The largest absolute Gasteiger partial charge is 0.476 e. The third-order valence-electron chi connectivity index (χ3n) is 5.52. The average Bonchev–Trinajstić information content (AvgIpc) is 3.28. The van der Waals surface area contributed by atoms with E-state index in [1.54, 1.807) is 0 Å². The first-order valence-corrected chi connectivity index (χ1v) is 9.35. The van der Waals surface area contributed by atoms with Crippen LogP contribution in [0.2, 0.25) is 5.02 Å². The molecule has 1 saturated heterocycles. The predicted octanol–water partition coefficient (Wildman–Crippen LogP) is 3.27. The molecule has 0 spiro atoms. The molecular weight excluding hydrogens is 342 g/mol. The Morgan fingerprint density at radius 3 is 2.92 bits per heavy atom. The fourth-order valence-electron chi connectivity index (χ4n) is 4.35. The van der Waals surface area contributed by atoms with Crippen LogP contribution in [0, 0.1) is 0 Å². The molecule has 0 amide bonds. The standard InChI is InChI=1S/C19H20ClNO4/c20-16-7-14-12-4-1-5-13(12)19(22)25-17(14)15-9-21(10-24-18(15)16)8-11-3-2-6-23-11/h7,11H,1-6,8-10H2/t11-/m0/s1. The number of aryl methyl sites for hydroxylation is 1. The van der Waals surface area contributed by atoms with Gasteiger partial charge in [0, 0.05) is 30.6 Å². The number of fused-ring (bicyclic) bond motifs is 5. The zero-order valence-corrected chi connectivity index (χ0v) is 14.7. The molecule has 0 N–H and O–H groups in total. The molecule has 1 aromatic heterocycles. The van der Waals surface area contributed by atoms with E-state index in [4.69, 9.17) is 25.5 Å². The lowest BCUT2D eigenvalue weighted by molar-refractivity contribution is 0.0281. The van der Waals surface area contributed by atoms with E-state index < -0.39 is 0 Å². The van der Waals surface area contributed by atoms with Crippen LogP contribution < -0.4 is 10.4 Å². The maximum Gasteiger partial charge on any atom is 0.339 e. The van der Waals surface area contributed by atoms with Crippen molar-refractivity contribution in [1.29, 1.82) is 0 Å². The van der Waals surface area contributed by atoms with Gasteiger partial charge in [-0.25, -0.2) is 4.79 Å². The van der Waals surface area contributed by atoms with Crippen LogP contribution in [-0.4, -0.2) is 30.9 Å². The number of hydrogen-bond acceptors (Lipinski definition) is 5. The molecule has 0 radical (unpaired) electrons. The molecule has 2 aromatic rings. The van der Waals surface area contributed by atoms with Crippen molar-refractivity contribution in [3.8, 4) is 5.75 Å². The van der Waals surface area contributed by atoms with E-state index in [1.807, 2.05) is 6.07 Å². The molecule has 0 saturated carbocycles. The van der Waals surface area contributed by atoms with Gasteiger partial charge in [0.25, 0.3) is 0 Å². The molecule has 3 heterocycles. The van der Waals surface area contributed by atoms with E-state index in [-0.39, 0.29) is 11.7 Å². The fraction of sp³-hybridized carbons (Fsp3) is 0.526. The first kappa shape index (κ1) is 15.7. The Kier molecular flexibility index (Phi) is 3.77. The summed E-state index contributed by atoms with van der Waals surface area (Å²) in [5, 5.41) is 1.57. The van der Waals surface area contributed by atoms with Gasteiger partial charge in [-0.05, 0) is 43.7 Å². The highest BCUT2D eigenvalue weighted by molar-refractivity contribution is 6.33. The van der Waals surface area contributed by atoms with Crippen molar-refractivity contribution < 1.29 is 13.9 Å². The first-order valence-electron chi connectivity index (χ1n) is 8.97. The summed E-state index contributed by atoms with van der Waals surface area (Å²) >= 11 is 6.49. The summed E-state index contributed by atoms with van der Waals surface area (Å²) in [7, 11) is 0. The molecule has 1 fully saturated rings. The minimum Gasteiger partial charge on any atom is -0.476 e. The number of hydrogen-bond donors (Lipinski definition) is 0. The highest BCUT2D eigenvalue weighted by Crippen LogP contribution is 2.41. The average molecular weight is 362 g/mol. The minimum atomic E-state index is -0.208. The van der Waals surface area contributed by atoms with Crippen molar-refractivity contribution in [1.82, 2.24) is 4.90 Å². The summed E-state index contributed by atoms with van der Waals surface area (Å²) in [5.74, 6) is 0.652. The Morgan fingerprint density at radius 1 is 1.20 bits per heavy atom. The van der Waals surface area contributed by atoms with Gasteiger partial charge in [-0.15, -0.1) is 0 Å². The third kappa shape index (κ3) is 2.57. The van der Waals surface area contributed by atoms with Gasteiger partial charge in [0.2, 0.25) is 0 Å². The van der Waals surface area contributed by atoms with Gasteiger partial charge in [0.15, 0.2) is 0 Å². The number of benzene rings is 1. The van der Waals surface area contributed by atoms with E-state index in [1.165, 1.54) is 0 Å². The maximum absolute atomic E-state index is 12.4. The predicted molar refractivity (Wildman–Crippen MR) is 94.4 cm³/mol. The van der Waals surface area contributed by atoms with E-state index >= 15 is 0 Å². The first-order chi connectivity index (χ1) is 12.2. The quantitative estimate of drug-likeness (QED) is 0.768. The van der Waals surface area contributed by atoms with Crippen LogP contribution in [0.25, 0.3) is 11.0 Å². The Hall–Kier alpha value is -1.56. The molecule has 3 aliphatic rings. The molecule has 132 valence electrons. The molecule has 6 heteroatoms. The van der Waals surface area contributed by atoms with E-state index in [0.717, 1.165) is 67.3 Å². The Labute approximate surface area is 150 Å². The van der Waals surface area contributed by atoms with Crippen LogP contribution >= 0.6 is 11.6 Å². The topological polar surface area (TPSA) is 51.9 Å². The normalized spacial score (nSPS) is 22.8. The summed E-state index contributed by atoms with van der Waals surface area (Å²) in [6, 6.07) is 1.90. The van der Waals surface area contributed by atoms with Crippen molar-refractivity contribution in [2.45, 2.75) is 44.8 Å². The Morgan fingerprint density at radius 2 is 2.08 bits per heavy atom. The molecule has 0 unspecified atom stereocenters. The number of nitrogens with zero attached hydrogens (tertiary/aromatic N) is 1. The molecule has 0 bridgehead atoms. The van der Waals surface area contributed by atoms with Gasteiger partial charge in [0.1, 0.15) is 18.1 Å². The van der Waals surface area contributed by atoms with Crippen LogP contribution in [0.1, 0.15) is 36.0 Å². The highest BCUT2D eigenvalue weighted by Gasteiger charge is 2.29. The van der Waals surface area contributed by atoms with Crippen molar-refractivity contribution in [3.63, 3.8) is 0 Å². The van der Waals surface area contributed by atoms with Gasteiger partial charge in [-0.3, -0.25) is 4.90 Å². The van der Waals surface area contributed by atoms with Gasteiger partial charge in [0.05, 0.1) is 16.7 Å². The van der Waals surface area contributed by atoms with E-state index in [9.17, 15) is 4.79 Å². The van der Waals surface area contributed by atoms with Crippen molar-refractivity contribution in [2.24, 2.45) is 0 Å². The van der Waals surface area contributed by atoms with Crippen molar-refractivity contribution in [3.05, 3.63) is 38.2 Å². The zero-order valence-electron chi connectivity index (χ0n) is 14.0. The molecule has 1 aromatic carbocycles. The summed E-state index contributed by atoms with van der Waals surface area (Å²) in [6.45, 7) is 2.80. The summed E-state index contributed by atoms with van der Waals surface area (Å²) in [4.78, 5) is 14.6. The Balaban J connectivity index is 1.59. The van der Waals surface area contributed by atoms with Crippen LogP contribution in [0.3, 0.4) is 0 Å². The summed E-state index contributed by atoms with van der Waals surface area (Å²) < 4.78 is 17.4. The second-order valence-corrected chi connectivity index (χ2v) is 7.57. The lowest BCUT2D eigenvalue weighted by Gasteiger charge is -2.31. The maximum atomic E-state index is 12.4. The summed E-state index contributed by atoms with van der Waals surface area (Å²) in [5.41, 5.74) is 3.24. The van der Waals surface area contributed by atoms with Gasteiger partial charge in [-0.1, -0.05) is 11.6 Å². The van der Waals surface area contributed by atoms with Gasteiger partial charge >= 0.3 is 5.63 Å². The minimum absolute atomic E-state index is 0.208. The number of halogens is 1. The highest BCUT2D eigenvalue weighted by atomic mass is 35.5.